The number of hydrogen-bond acceptors (Lipinski definition) is 7. The summed E-state index contributed by atoms with van der Waals surface area (Å²) in [4.78, 5) is 16.5. The minimum Gasteiger partial charge on any atom is -0.476 e. The average Bonchev–Trinajstić information content (AvgIpc) is 3.65. The van der Waals surface area contributed by atoms with Crippen LogP contribution in [0.2, 0.25) is 0 Å². The number of carbonyl (C=O) groups excluding carboxylic acids is 1. The summed E-state index contributed by atoms with van der Waals surface area (Å²) in [6, 6.07) is 5.57. The number of benzene rings is 1. The van der Waals surface area contributed by atoms with E-state index in [1.165, 1.54) is 5.69 Å². The lowest BCUT2D eigenvalue weighted by atomic mass is 9.58. The predicted octanol–water partition coefficient (Wildman–Crippen LogP) is 6.15. The Labute approximate surface area is 280 Å². The van der Waals surface area contributed by atoms with Crippen LogP contribution in [0.3, 0.4) is 0 Å². The van der Waals surface area contributed by atoms with Gasteiger partial charge in [-0.25, -0.2) is 8.78 Å². The summed E-state index contributed by atoms with van der Waals surface area (Å²) >= 11 is 0. The van der Waals surface area contributed by atoms with Crippen molar-refractivity contribution in [3.63, 3.8) is 0 Å². The van der Waals surface area contributed by atoms with Gasteiger partial charge in [0, 0.05) is 73.4 Å². The number of aromatic nitrogens is 4. The van der Waals surface area contributed by atoms with Crippen LogP contribution in [0, 0.1) is 5.41 Å². The van der Waals surface area contributed by atoms with Crippen molar-refractivity contribution in [3.8, 4) is 11.3 Å². The van der Waals surface area contributed by atoms with Gasteiger partial charge in [0.05, 0.1) is 18.3 Å². The molecule has 0 atom stereocenters. The summed E-state index contributed by atoms with van der Waals surface area (Å²) in [5.41, 5.74) is 17.7. The van der Waals surface area contributed by atoms with Gasteiger partial charge in [-0.05, 0) is 99.6 Å². The molecule has 12 heteroatoms. The molecule has 2 aliphatic carbocycles. The molecule has 4 heterocycles. The van der Waals surface area contributed by atoms with Gasteiger partial charge >= 0.3 is 0 Å². The Bertz CT molecular complexity index is 1750. The number of nitrogens with two attached hydrogens (primary N) is 2. The Hall–Kier alpha value is -4.35. The van der Waals surface area contributed by atoms with Gasteiger partial charge < -0.3 is 26.0 Å². The van der Waals surface area contributed by atoms with E-state index in [-0.39, 0.29) is 29.0 Å². The minimum atomic E-state index is -2.65. The SMILES string of the molecule is CC(=O)N1CCc2c(c(N3CCCc4cc(-c5ccn(C)n5)c(C(F)F)cc43)nn2C2CCC3(CC2)CC(O/C(N)=C/C=C(/C)N)C3)C1. The first kappa shape index (κ1) is 32.2. The third-order valence-corrected chi connectivity index (χ3v) is 10.9. The summed E-state index contributed by atoms with van der Waals surface area (Å²) < 4.78 is 39.0. The van der Waals surface area contributed by atoms with E-state index in [0.717, 1.165) is 80.4 Å². The predicted molar refractivity (Wildman–Crippen MR) is 180 cm³/mol. The van der Waals surface area contributed by atoms with Gasteiger partial charge in [-0.2, -0.15) is 10.2 Å². The summed E-state index contributed by atoms with van der Waals surface area (Å²) in [5, 5.41) is 9.74. The van der Waals surface area contributed by atoms with Crippen molar-refractivity contribution in [2.24, 2.45) is 23.9 Å². The van der Waals surface area contributed by atoms with E-state index < -0.39 is 6.43 Å². The largest absolute Gasteiger partial charge is 0.476 e. The minimum absolute atomic E-state index is 0.0263. The van der Waals surface area contributed by atoms with Crippen LogP contribution in [-0.2, 0) is 36.0 Å². The quantitative estimate of drug-likeness (QED) is 0.230. The van der Waals surface area contributed by atoms with Crippen LogP contribution >= 0.6 is 0 Å². The molecule has 4 N–H and O–H groups in total. The van der Waals surface area contributed by atoms with Gasteiger partial charge in [0.15, 0.2) is 11.7 Å². The van der Waals surface area contributed by atoms with Gasteiger partial charge in [-0.1, -0.05) is 0 Å². The van der Waals surface area contributed by atoms with Gasteiger partial charge in [-0.3, -0.25) is 14.2 Å². The van der Waals surface area contributed by atoms with Crippen molar-refractivity contribution in [2.75, 3.05) is 18.0 Å². The van der Waals surface area contributed by atoms with Crippen LogP contribution in [0.1, 0.15) is 93.6 Å². The molecule has 1 spiro atoms. The molecule has 48 heavy (non-hydrogen) atoms. The molecule has 0 saturated heterocycles. The maximum atomic E-state index is 14.6. The highest BCUT2D eigenvalue weighted by Crippen LogP contribution is 2.55. The first-order valence-corrected chi connectivity index (χ1v) is 17.1. The van der Waals surface area contributed by atoms with Crippen LogP contribution in [0.15, 0.2) is 48.1 Å². The van der Waals surface area contributed by atoms with Crippen molar-refractivity contribution in [1.29, 1.82) is 0 Å². The summed E-state index contributed by atoms with van der Waals surface area (Å²) in [5.74, 6) is 1.23. The third kappa shape index (κ3) is 6.05. The number of ether oxygens (including phenoxy) is 1. The molecule has 2 saturated carbocycles. The summed E-state index contributed by atoms with van der Waals surface area (Å²) in [7, 11) is 1.79. The number of rotatable bonds is 7. The van der Waals surface area contributed by atoms with Crippen molar-refractivity contribution in [1.82, 2.24) is 24.5 Å². The zero-order valence-corrected chi connectivity index (χ0v) is 28.1. The van der Waals surface area contributed by atoms with Crippen LogP contribution in [0.5, 0.6) is 0 Å². The fraction of sp³-hybridized carbons (Fsp3) is 0.528. The molecule has 2 aliphatic heterocycles. The van der Waals surface area contributed by atoms with Gasteiger partial charge in [0.2, 0.25) is 5.91 Å². The Morgan fingerprint density at radius 3 is 2.52 bits per heavy atom. The van der Waals surface area contributed by atoms with Gasteiger partial charge in [-0.15, -0.1) is 0 Å². The van der Waals surface area contributed by atoms with Gasteiger partial charge in [0.1, 0.15) is 6.10 Å². The lowest BCUT2D eigenvalue weighted by Crippen LogP contribution is -2.45. The van der Waals surface area contributed by atoms with E-state index in [9.17, 15) is 13.6 Å². The molecule has 0 bridgehead atoms. The van der Waals surface area contributed by atoms with Crippen molar-refractivity contribution in [3.05, 3.63) is 70.5 Å². The van der Waals surface area contributed by atoms with Crippen molar-refractivity contribution in [2.45, 2.75) is 96.8 Å². The number of anilines is 2. The highest BCUT2D eigenvalue weighted by Gasteiger charge is 2.48. The smallest absolute Gasteiger partial charge is 0.264 e. The zero-order chi connectivity index (χ0) is 33.7. The fourth-order valence-corrected chi connectivity index (χ4v) is 8.35. The molecule has 2 aromatic heterocycles. The van der Waals surface area contributed by atoms with E-state index in [4.69, 9.17) is 21.3 Å². The molecule has 0 radical (unpaired) electrons. The van der Waals surface area contributed by atoms with E-state index in [0.29, 0.717) is 42.5 Å². The molecule has 2 fully saturated rings. The van der Waals surface area contributed by atoms with Gasteiger partial charge in [0.25, 0.3) is 6.43 Å². The van der Waals surface area contributed by atoms with Crippen LogP contribution in [-0.4, -0.2) is 49.6 Å². The molecule has 256 valence electrons. The monoisotopic (exact) mass is 660 g/mol. The lowest BCUT2D eigenvalue weighted by Gasteiger charge is -2.51. The Morgan fingerprint density at radius 2 is 1.85 bits per heavy atom. The van der Waals surface area contributed by atoms with Crippen LogP contribution < -0.4 is 16.4 Å². The second-order valence-corrected chi connectivity index (χ2v) is 14.2. The molecular weight excluding hydrogens is 614 g/mol. The van der Waals surface area contributed by atoms with Crippen molar-refractivity contribution >= 4 is 17.4 Å². The van der Waals surface area contributed by atoms with Crippen molar-refractivity contribution < 1.29 is 18.3 Å². The number of allylic oxidation sites excluding steroid dienone is 3. The zero-order valence-electron chi connectivity index (χ0n) is 28.1. The second kappa shape index (κ2) is 12.6. The standard InChI is InChI=1S/C36H46F2N8O2/c1-22(39)6-7-33(40)48-26-19-36(20-26)12-8-25(9-13-36)46-31-11-16-44(23(2)47)21-29(31)35(42-46)45-14-4-5-24-17-27(30-10-15-43(3)41-30)28(34(37)38)18-32(24)45/h6-7,10,15,17-18,25-26,34H,4-5,8-9,11-14,16,19-21,39-40H2,1-3H3/b22-6-,33-7+. The number of hydrogen-bond donors (Lipinski definition) is 2. The first-order valence-electron chi connectivity index (χ1n) is 17.1. The maximum Gasteiger partial charge on any atom is 0.264 e. The normalized spacial score (nSPS) is 24.5. The molecule has 3 aromatic rings. The Balaban J connectivity index is 1.16. The number of alkyl halides is 2. The second-order valence-electron chi connectivity index (χ2n) is 14.2. The van der Waals surface area contributed by atoms with E-state index in [1.54, 1.807) is 49.1 Å². The van der Waals surface area contributed by atoms with Crippen LogP contribution in [0.25, 0.3) is 11.3 Å². The molecule has 10 nitrogen and oxygen atoms in total. The first-order chi connectivity index (χ1) is 23.0. The molecule has 4 aliphatic rings. The fourth-order valence-electron chi connectivity index (χ4n) is 8.35. The molecule has 0 unspecified atom stereocenters. The van der Waals surface area contributed by atoms with E-state index >= 15 is 0 Å². The highest BCUT2D eigenvalue weighted by molar-refractivity contribution is 5.77. The molecule has 1 aromatic carbocycles. The van der Waals surface area contributed by atoms with Crippen LogP contribution in [0.4, 0.5) is 20.3 Å². The van der Waals surface area contributed by atoms with E-state index in [1.807, 2.05) is 17.9 Å². The maximum absolute atomic E-state index is 14.6. The number of halogens is 2. The number of aryl methyl sites for hydroxylation is 2. The molecule has 1 amide bonds. The molecular formula is C36H46F2N8O2. The van der Waals surface area contributed by atoms with E-state index in [2.05, 4.69) is 14.7 Å². The lowest BCUT2D eigenvalue weighted by molar-refractivity contribution is -0.129. The average molecular weight is 661 g/mol. The number of amides is 1. The molecule has 7 rings (SSSR count). The third-order valence-electron chi connectivity index (χ3n) is 10.9. The Morgan fingerprint density at radius 1 is 1.08 bits per heavy atom. The number of nitrogens with zero attached hydrogens (tertiary/aromatic N) is 6. The number of fused-ring (bicyclic) bond motifs is 2. The summed E-state index contributed by atoms with van der Waals surface area (Å²) in [6.07, 6.45) is 11.3. The Kier molecular flexibility index (Phi) is 8.45. The highest BCUT2D eigenvalue weighted by atomic mass is 19.3. The number of carbonyl (C=O) groups is 1. The summed E-state index contributed by atoms with van der Waals surface area (Å²) in [6.45, 7) is 5.22. The topological polar surface area (TPSA) is 120 Å².